The summed E-state index contributed by atoms with van der Waals surface area (Å²) < 4.78 is 23.5. The fraction of sp³-hybridized carbons (Fsp3) is 0.474. The van der Waals surface area contributed by atoms with E-state index in [1.807, 2.05) is 9.25 Å². The summed E-state index contributed by atoms with van der Waals surface area (Å²) in [5.41, 5.74) is 0.619. The molecule has 1 aliphatic rings. The molecule has 0 N–H and O–H groups in total. The minimum atomic E-state index is -0.315. The molecule has 0 aliphatic carbocycles. The van der Waals surface area contributed by atoms with E-state index in [2.05, 4.69) is 34.0 Å². The van der Waals surface area contributed by atoms with Crippen molar-refractivity contribution >= 4 is 12.2 Å². The van der Waals surface area contributed by atoms with Gasteiger partial charge in [-0.1, -0.05) is 17.3 Å². The zero-order chi connectivity index (χ0) is 19.7. The molecular formula is C19H23FN6OS. The van der Waals surface area contributed by atoms with Crippen molar-refractivity contribution in [1.29, 1.82) is 0 Å². The zero-order valence-corrected chi connectivity index (χ0v) is 16.8. The molecule has 3 heterocycles. The van der Waals surface area contributed by atoms with Gasteiger partial charge in [0.15, 0.2) is 4.77 Å². The molecule has 0 amide bonds. The third-order valence-electron chi connectivity index (χ3n) is 5.03. The van der Waals surface area contributed by atoms with Crippen LogP contribution in [0, 0.1) is 10.6 Å². The first-order chi connectivity index (χ1) is 13.5. The monoisotopic (exact) mass is 402 g/mol. The molecule has 9 heteroatoms. The van der Waals surface area contributed by atoms with E-state index in [4.69, 9.17) is 16.7 Å². The maximum Gasteiger partial charge on any atom is 0.231 e. The molecule has 0 bridgehead atoms. The predicted molar refractivity (Wildman–Crippen MR) is 105 cm³/mol. The van der Waals surface area contributed by atoms with E-state index >= 15 is 0 Å². The van der Waals surface area contributed by atoms with Crippen LogP contribution in [0.4, 0.5) is 4.39 Å². The number of aromatic nitrogens is 5. The van der Waals surface area contributed by atoms with E-state index in [1.54, 1.807) is 18.5 Å². The van der Waals surface area contributed by atoms with Crippen molar-refractivity contribution in [2.24, 2.45) is 0 Å². The molecular weight excluding hydrogens is 379 g/mol. The lowest BCUT2D eigenvalue weighted by atomic mass is 9.98. The predicted octanol–water partition coefficient (Wildman–Crippen LogP) is 4.02. The van der Waals surface area contributed by atoms with Crippen LogP contribution in [0.5, 0.6) is 0 Å². The molecule has 1 saturated heterocycles. The van der Waals surface area contributed by atoms with E-state index in [1.165, 1.54) is 12.1 Å². The maximum atomic E-state index is 13.4. The van der Waals surface area contributed by atoms with Crippen LogP contribution in [0.1, 0.15) is 44.5 Å². The van der Waals surface area contributed by atoms with Crippen LogP contribution in [0.15, 0.2) is 35.1 Å². The fourth-order valence-corrected chi connectivity index (χ4v) is 3.88. The SMILES string of the molecule is CC(C)n1cnn(CN2CCCC(c3nc(-c4cccc(F)c4)no3)C2)c1=S. The lowest BCUT2D eigenvalue weighted by Crippen LogP contribution is -2.36. The molecule has 2 aromatic heterocycles. The second-order valence-electron chi connectivity index (χ2n) is 7.44. The number of nitrogens with zero attached hydrogens (tertiary/aromatic N) is 6. The Kier molecular flexibility index (Phi) is 5.36. The molecule has 28 heavy (non-hydrogen) atoms. The lowest BCUT2D eigenvalue weighted by Gasteiger charge is -2.30. The summed E-state index contributed by atoms with van der Waals surface area (Å²) >= 11 is 5.53. The Balaban J connectivity index is 1.46. The van der Waals surface area contributed by atoms with Crippen molar-refractivity contribution in [3.63, 3.8) is 0 Å². The largest absolute Gasteiger partial charge is 0.339 e. The van der Waals surface area contributed by atoms with Gasteiger partial charge < -0.3 is 9.09 Å². The normalized spacial score (nSPS) is 18.1. The Morgan fingerprint density at radius 2 is 2.21 bits per heavy atom. The summed E-state index contributed by atoms with van der Waals surface area (Å²) in [4.78, 5) is 6.81. The Bertz CT molecular complexity index is 1010. The quantitative estimate of drug-likeness (QED) is 0.601. The van der Waals surface area contributed by atoms with Crippen molar-refractivity contribution in [2.45, 2.75) is 45.3 Å². The van der Waals surface area contributed by atoms with Crippen molar-refractivity contribution < 1.29 is 8.91 Å². The smallest absolute Gasteiger partial charge is 0.231 e. The highest BCUT2D eigenvalue weighted by atomic mass is 32.1. The number of hydrogen-bond acceptors (Lipinski definition) is 6. The molecule has 7 nitrogen and oxygen atoms in total. The van der Waals surface area contributed by atoms with Crippen molar-refractivity contribution in [2.75, 3.05) is 13.1 Å². The van der Waals surface area contributed by atoms with E-state index in [0.717, 1.165) is 30.7 Å². The molecule has 148 valence electrons. The zero-order valence-electron chi connectivity index (χ0n) is 16.0. The first-order valence-electron chi connectivity index (χ1n) is 9.47. The van der Waals surface area contributed by atoms with Gasteiger partial charge in [0.2, 0.25) is 11.7 Å². The number of hydrogen-bond donors (Lipinski definition) is 0. The third-order valence-corrected chi connectivity index (χ3v) is 5.45. The highest BCUT2D eigenvalue weighted by molar-refractivity contribution is 7.71. The van der Waals surface area contributed by atoms with Gasteiger partial charge in [-0.2, -0.15) is 10.1 Å². The third kappa shape index (κ3) is 3.90. The van der Waals surface area contributed by atoms with Crippen LogP contribution in [0.25, 0.3) is 11.4 Å². The molecule has 1 atom stereocenters. The van der Waals surface area contributed by atoms with Crippen LogP contribution in [0.2, 0.25) is 0 Å². The van der Waals surface area contributed by atoms with Crippen molar-refractivity contribution in [1.82, 2.24) is 29.4 Å². The van der Waals surface area contributed by atoms with Crippen LogP contribution < -0.4 is 0 Å². The van der Waals surface area contributed by atoms with Crippen LogP contribution in [0.3, 0.4) is 0 Å². The first-order valence-corrected chi connectivity index (χ1v) is 9.88. The highest BCUT2D eigenvalue weighted by Crippen LogP contribution is 2.28. The van der Waals surface area contributed by atoms with Gasteiger partial charge in [-0.25, -0.2) is 9.07 Å². The van der Waals surface area contributed by atoms with E-state index in [-0.39, 0.29) is 17.8 Å². The summed E-state index contributed by atoms with van der Waals surface area (Å²) in [6.07, 6.45) is 3.80. The molecule has 0 saturated carbocycles. The molecule has 1 aromatic carbocycles. The summed E-state index contributed by atoms with van der Waals surface area (Å²) in [5.74, 6) is 0.847. The van der Waals surface area contributed by atoms with Gasteiger partial charge in [0.1, 0.15) is 12.1 Å². The maximum absolute atomic E-state index is 13.4. The number of rotatable bonds is 5. The second kappa shape index (κ2) is 7.92. The topological polar surface area (TPSA) is 64.9 Å². The van der Waals surface area contributed by atoms with Gasteiger partial charge in [-0.15, -0.1) is 0 Å². The molecule has 0 radical (unpaired) electrons. The molecule has 0 spiro atoms. The van der Waals surface area contributed by atoms with Crippen molar-refractivity contribution in [3.8, 4) is 11.4 Å². The fourth-order valence-electron chi connectivity index (χ4n) is 3.52. The summed E-state index contributed by atoms with van der Waals surface area (Å²) in [6, 6.07) is 6.51. The minimum Gasteiger partial charge on any atom is -0.339 e. The Labute approximate surface area is 167 Å². The summed E-state index contributed by atoms with van der Waals surface area (Å²) in [7, 11) is 0. The van der Waals surface area contributed by atoms with Gasteiger partial charge in [-0.3, -0.25) is 4.90 Å². The van der Waals surface area contributed by atoms with E-state index in [0.29, 0.717) is 23.9 Å². The van der Waals surface area contributed by atoms with Crippen LogP contribution in [-0.2, 0) is 6.67 Å². The van der Waals surface area contributed by atoms with Gasteiger partial charge in [0.25, 0.3) is 0 Å². The Morgan fingerprint density at radius 1 is 1.36 bits per heavy atom. The number of halogens is 1. The van der Waals surface area contributed by atoms with Crippen molar-refractivity contribution in [3.05, 3.63) is 47.1 Å². The van der Waals surface area contributed by atoms with Crippen LogP contribution in [-0.4, -0.2) is 42.5 Å². The van der Waals surface area contributed by atoms with E-state index < -0.39 is 0 Å². The summed E-state index contributed by atoms with van der Waals surface area (Å²) in [5, 5.41) is 8.47. The molecule has 4 rings (SSSR count). The Morgan fingerprint density at radius 3 is 2.96 bits per heavy atom. The van der Waals surface area contributed by atoms with Gasteiger partial charge in [-0.05, 0) is 57.6 Å². The molecule has 1 fully saturated rings. The van der Waals surface area contributed by atoms with Crippen LogP contribution >= 0.6 is 12.2 Å². The van der Waals surface area contributed by atoms with Gasteiger partial charge in [0.05, 0.1) is 12.6 Å². The standard InChI is InChI=1S/C19H23FN6OS/c1-13(2)25-11-21-26(19(25)28)12-24-8-4-6-15(10-24)18-22-17(23-27-18)14-5-3-7-16(20)9-14/h3,5,7,9,11,13,15H,4,6,8,10,12H2,1-2H3. The average Bonchev–Trinajstić information content (AvgIpc) is 3.30. The molecule has 1 aliphatic heterocycles. The second-order valence-corrected chi connectivity index (χ2v) is 7.80. The Hall–Kier alpha value is -2.39. The molecule has 3 aromatic rings. The van der Waals surface area contributed by atoms with Gasteiger partial charge >= 0.3 is 0 Å². The first kappa shape index (κ1) is 18.9. The van der Waals surface area contributed by atoms with Gasteiger partial charge in [0, 0.05) is 18.2 Å². The number of likely N-dealkylation sites (tertiary alicyclic amines) is 1. The minimum absolute atomic E-state index is 0.143. The number of benzene rings is 1. The molecule has 1 unspecified atom stereocenters. The average molecular weight is 402 g/mol. The van der Waals surface area contributed by atoms with E-state index in [9.17, 15) is 4.39 Å². The highest BCUT2D eigenvalue weighted by Gasteiger charge is 2.27. The summed E-state index contributed by atoms with van der Waals surface area (Å²) in [6.45, 7) is 6.58. The lowest BCUT2D eigenvalue weighted by molar-refractivity contribution is 0.143. The number of piperidine rings is 1.